The molecule has 2 unspecified atom stereocenters. The second kappa shape index (κ2) is 6.44. The summed E-state index contributed by atoms with van der Waals surface area (Å²) < 4.78 is 33.8. The highest BCUT2D eigenvalue weighted by molar-refractivity contribution is 7.89. The third kappa shape index (κ3) is 3.29. The third-order valence-corrected chi connectivity index (χ3v) is 6.29. The molecule has 2 aliphatic rings. The molecule has 0 radical (unpaired) electrons. The highest BCUT2D eigenvalue weighted by Gasteiger charge is 2.25. The molecule has 2 aliphatic heterocycles. The van der Waals surface area contributed by atoms with Gasteiger partial charge in [0.05, 0.1) is 4.90 Å². The zero-order chi connectivity index (χ0) is 17.4. The number of hydrogen-bond acceptors (Lipinski definition) is 4. The summed E-state index contributed by atoms with van der Waals surface area (Å²) in [4.78, 5) is 0.299. The van der Waals surface area contributed by atoms with Crippen LogP contribution < -0.4 is 14.8 Å². The van der Waals surface area contributed by atoms with E-state index in [1.807, 2.05) is 19.1 Å². The van der Waals surface area contributed by atoms with Crippen LogP contribution in [0.25, 0.3) is 0 Å². The van der Waals surface area contributed by atoms with Crippen LogP contribution in [0.15, 0.2) is 47.4 Å². The van der Waals surface area contributed by atoms with Gasteiger partial charge < -0.3 is 10.1 Å². The molecule has 0 aliphatic carbocycles. The average molecular weight is 358 g/mol. The molecule has 2 N–H and O–H groups in total. The minimum Gasteiger partial charge on any atom is -0.490 e. The van der Waals surface area contributed by atoms with Crippen molar-refractivity contribution >= 4 is 10.0 Å². The predicted molar refractivity (Wildman–Crippen MR) is 96.3 cm³/mol. The predicted octanol–water partition coefficient (Wildman–Crippen LogP) is 2.18. The van der Waals surface area contributed by atoms with Crippen LogP contribution >= 0.6 is 0 Å². The maximum Gasteiger partial charge on any atom is 0.240 e. The lowest BCUT2D eigenvalue weighted by atomic mass is 9.95. The van der Waals surface area contributed by atoms with E-state index in [0.717, 1.165) is 30.7 Å². The molecule has 0 saturated carbocycles. The van der Waals surface area contributed by atoms with E-state index >= 15 is 0 Å². The second-order valence-electron chi connectivity index (χ2n) is 6.71. The van der Waals surface area contributed by atoms with Crippen molar-refractivity contribution < 1.29 is 13.2 Å². The summed E-state index contributed by atoms with van der Waals surface area (Å²) in [6, 6.07) is 13.3. The van der Waals surface area contributed by atoms with Gasteiger partial charge in [0.1, 0.15) is 11.9 Å². The quantitative estimate of drug-likeness (QED) is 0.879. The lowest BCUT2D eigenvalue weighted by molar-refractivity contribution is 0.254. The Morgan fingerprint density at radius 1 is 1.20 bits per heavy atom. The molecule has 2 aromatic carbocycles. The van der Waals surface area contributed by atoms with Crippen molar-refractivity contribution in [3.63, 3.8) is 0 Å². The Hall–Kier alpha value is -1.89. The molecule has 0 saturated heterocycles. The first-order valence-electron chi connectivity index (χ1n) is 8.63. The largest absolute Gasteiger partial charge is 0.490 e. The molecule has 25 heavy (non-hydrogen) atoms. The number of hydrogen-bond donors (Lipinski definition) is 2. The lowest BCUT2D eigenvalue weighted by Gasteiger charge is -2.27. The molecular weight excluding hydrogens is 336 g/mol. The van der Waals surface area contributed by atoms with Crippen LogP contribution in [-0.2, 0) is 22.9 Å². The van der Waals surface area contributed by atoms with Gasteiger partial charge in [-0.25, -0.2) is 13.1 Å². The maximum atomic E-state index is 12.7. The Bertz CT molecular complexity index is 895. The fraction of sp³-hybridized carbons (Fsp3) is 0.368. The van der Waals surface area contributed by atoms with Crippen LogP contribution in [0.4, 0.5) is 0 Å². The number of ether oxygens (including phenoxy) is 1. The van der Waals surface area contributed by atoms with Gasteiger partial charge in [0.25, 0.3) is 0 Å². The van der Waals surface area contributed by atoms with Gasteiger partial charge in [0, 0.05) is 19.0 Å². The minimum atomic E-state index is -3.55. The molecule has 5 nitrogen and oxygen atoms in total. The van der Waals surface area contributed by atoms with Gasteiger partial charge in [-0.1, -0.05) is 24.3 Å². The van der Waals surface area contributed by atoms with E-state index in [0.29, 0.717) is 11.4 Å². The number of sulfonamides is 1. The number of rotatable bonds is 4. The monoisotopic (exact) mass is 358 g/mol. The topological polar surface area (TPSA) is 67.4 Å². The molecule has 132 valence electrons. The number of benzene rings is 2. The summed E-state index contributed by atoms with van der Waals surface area (Å²) >= 11 is 0. The van der Waals surface area contributed by atoms with Gasteiger partial charge in [-0.3, -0.25) is 0 Å². The van der Waals surface area contributed by atoms with Gasteiger partial charge in [-0.2, -0.15) is 0 Å². The van der Waals surface area contributed by atoms with E-state index in [-0.39, 0.29) is 12.1 Å². The molecule has 0 spiro atoms. The summed E-state index contributed by atoms with van der Waals surface area (Å²) in [5.41, 5.74) is 3.42. The van der Waals surface area contributed by atoms with Crippen molar-refractivity contribution in [1.29, 1.82) is 0 Å². The standard InChI is InChI=1S/C19H22N2O3S/c1-13-10-15-11-16(6-7-19(15)24-13)25(22,23)21-12-18-17-5-3-2-4-14(17)8-9-20-18/h2-7,11,13,18,20-21H,8-10,12H2,1H3. The van der Waals surface area contributed by atoms with Crippen LogP contribution in [0.3, 0.4) is 0 Å². The van der Waals surface area contributed by atoms with Crippen LogP contribution in [0, 0.1) is 0 Å². The van der Waals surface area contributed by atoms with Gasteiger partial charge >= 0.3 is 0 Å². The maximum absolute atomic E-state index is 12.7. The molecule has 4 rings (SSSR count). The Balaban J connectivity index is 1.51. The van der Waals surface area contributed by atoms with Crippen molar-refractivity contribution in [2.24, 2.45) is 0 Å². The smallest absolute Gasteiger partial charge is 0.240 e. The Kier molecular flexibility index (Phi) is 4.27. The molecule has 2 heterocycles. The van der Waals surface area contributed by atoms with E-state index < -0.39 is 10.0 Å². The van der Waals surface area contributed by atoms with E-state index in [1.165, 1.54) is 11.1 Å². The second-order valence-corrected chi connectivity index (χ2v) is 8.48. The average Bonchev–Trinajstić information content (AvgIpc) is 2.99. The number of fused-ring (bicyclic) bond motifs is 2. The fourth-order valence-electron chi connectivity index (χ4n) is 3.62. The van der Waals surface area contributed by atoms with E-state index in [9.17, 15) is 8.42 Å². The first-order chi connectivity index (χ1) is 12.0. The van der Waals surface area contributed by atoms with Crippen LogP contribution in [0.5, 0.6) is 5.75 Å². The molecule has 0 fully saturated rings. The van der Waals surface area contributed by atoms with Gasteiger partial charge in [0.2, 0.25) is 10.0 Å². The Morgan fingerprint density at radius 3 is 2.92 bits per heavy atom. The van der Waals surface area contributed by atoms with E-state index in [2.05, 4.69) is 22.2 Å². The molecule has 6 heteroatoms. The van der Waals surface area contributed by atoms with Crippen molar-refractivity contribution in [3.8, 4) is 5.75 Å². The highest BCUT2D eigenvalue weighted by Crippen LogP contribution is 2.30. The Labute approximate surface area is 148 Å². The Morgan fingerprint density at radius 2 is 2.04 bits per heavy atom. The zero-order valence-corrected chi connectivity index (χ0v) is 15.0. The zero-order valence-electron chi connectivity index (χ0n) is 14.2. The molecule has 0 amide bonds. The van der Waals surface area contributed by atoms with E-state index in [4.69, 9.17) is 4.74 Å². The molecule has 2 aromatic rings. The highest BCUT2D eigenvalue weighted by atomic mass is 32.2. The lowest BCUT2D eigenvalue weighted by Crippen LogP contribution is -2.38. The third-order valence-electron chi connectivity index (χ3n) is 4.87. The van der Waals surface area contributed by atoms with Crippen molar-refractivity contribution in [2.75, 3.05) is 13.1 Å². The SMILES string of the molecule is CC1Cc2cc(S(=O)(=O)NCC3NCCc4ccccc43)ccc2O1. The molecule has 0 bridgehead atoms. The number of nitrogens with one attached hydrogen (secondary N) is 2. The van der Waals surface area contributed by atoms with Crippen LogP contribution in [-0.4, -0.2) is 27.6 Å². The fourth-order valence-corrected chi connectivity index (χ4v) is 4.71. The molecule has 0 aromatic heterocycles. The summed E-state index contributed by atoms with van der Waals surface area (Å²) in [6.45, 7) is 3.18. The molecule has 2 atom stereocenters. The van der Waals surface area contributed by atoms with Crippen molar-refractivity contribution in [1.82, 2.24) is 10.0 Å². The van der Waals surface area contributed by atoms with E-state index in [1.54, 1.807) is 18.2 Å². The normalized spacial score (nSPS) is 22.1. The van der Waals surface area contributed by atoms with Gasteiger partial charge in [-0.15, -0.1) is 0 Å². The van der Waals surface area contributed by atoms with Crippen LogP contribution in [0.1, 0.15) is 29.7 Å². The van der Waals surface area contributed by atoms with Crippen LogP contribution in [0.2, 0.25) is 0 Å². The summed E-state index contributed by atoms with van der Waals surface area (Å²) in [5.74, 6) is 0.786. The minimum absolute atomic E-state index is 0.00231. The van der Waals surface area contributed by atoms with Crippen molar-refractivity contribution in [2.45, 2.75) is 36.8 Å². The summed E-state index contributed by atoms with van der Waals surface area (Å²) in [7, 11) is -3.55. The van der Waals surface area contributed by atoms with Gasteiger partial charge in [-0.05, 0) is 54.8 Å². The van der Waals surface area contributed by atoms with Crippen molar-refractivity contribution in [3.05, 3.63) is 59.2 Å². The summed E-state index contributed by atoms with van der Waals surface area (Å²) in [5, 5.41) is 3.40. The summed E-state index contributed by atoms with van der Waals surface area (Å²) in [6.07, 6.45) is 1.82. The first kappa shape index (κ1) is 16.6. The first-order valence-corrected chi connectivity index (χ1v) is 10.1. The molecular formula is C19H22N2O3S. The van der Waals surface area contributed by atoms with Gasteiger partial charge in [0.15, 0.2) is 0 Å².